The standard InChI is InChI=1S/C15H19FN2O2/c16-13-5-6-15(18(19)20)12(7-13)8-17-9-14(10-1-2-10)11-3-4-11/h5-7,10-11,14,17H,1-4,8-9H2. The molecule has 1 N–H and O–H groups in total. The minimum absolute atomic E-state index is 0.00621. The fourth-order valence-corrected chi connectivity index (χ4v) is 3.01. The molecule has 0 amide bonds. The Hall–Kier alpha value is -1.49. The first-order valence-corrected chi connectivity index (χ1v) is 7.28. The monoisotopic (exact) mass is 278 g/mol. The van der Waals surface area contributed by atoms with Crippen molar-refractivity contribution in [3.63, 3.8) is 0 Å². The van der Waals surface area contributed by atoms with Crippen LogP contribution >= 0.6 is 0 Å². The summed E-state index contributed by atoms with van der Waals surface area (Å²) >= 11 is 0. The fraction of sp³-hybridized carbons (Fsp3) is 0.600. The molecule has 0 bridgehead atoms. The van der Waals surface area contributed by atoms with E-state index in [1.807, 2.05) is 0 Å². The zero-order valence-electron chi connectivity index (χ0n) is 11.3. The summed E-state index contributed by atoms with van der Waals surface area (Å²) < 4.78 is 13.2. The molecule has 2 fully saturated rings. The molecule has 0 atom stereocenters. The van der Waals surface area contributed by atoms with E-state index in [1.165, 1.54) is 37.8 Å². The number of hydrogen-bond acceptors (Lipinski definition) is 3. The van der Waals surface area contributed by atoms with Gasteiger partial charge in [0.25, 0.3) is 5.69 Å². The van der Waals surface area contributed by atoms with Gasteiger partial charge in [0.05, 0.1) is 4.92 Å². The van der Waals surface area contributed by atoms with Crippen LogP contribution in [-0.4, -0.2) is 11.5 Å². The van der Waals surface area contributed by atoms with E-state index < -0.39 is 10.7 Å². The van der Waals surface area contributed by atoms with Crippen molar-refractivity contribution >= 4 is 5.69 Å². The van der Waals surface area contributed by atoms with Gasteiger partial charge in [-0.3, -0.25) is 10.1 Å². The van der Waals surface area contributed by atoms with E-state index in [-0.39, 0.29) is 5.69 Å². The average molecular weight is 278 g/mol. The van der Waals surface area contributed by atoms with Crippen LogP contribution in [0.5, 0.6) is 0 Å². The van der Waals surface area contributed by atoms with Gasteiger partial charge in [0.15, 0.2) is 0 Å². The van der Waals surface area contributed by atoms with Crippen LogP contribution in [0.15, 0.2) is 18.2 Å². The molecule has 20 heavy (non-hydrogen) atoms. The summed E-state index contributed by atoms with van der Waals surface area (Å²) in [7, 11) is 0. The van der Waals surface area contributed by atoms with Gasteiger partial charge in [-0.25, -0.2) is 4.39 Å². The van der Waals surface area contributed by atoms with Gasteiger partial charge >= 0.3 is 0 Å². The number of nitrogens with one attached hydrogen (secondary N) is 1. The Kier molecular flexibility index (Phi) is 3.70. The minimum atomic E-state index is -0.449. The smallest absolute Gasteiger partial charge is 0.274 e. The van der Waals surface area contributed by atoms with E-state index in [2.05, 4.69) is 5.32 Å². The van der Waals surface area contributed by atoms with Crippen LogP contribution in [0.1, 0.15) is 31.2 Å². The highest BCUT2D eigenvalue weighted by atomic mass is 19.1. The van der Waals surface area contributed by atoms with Gasteiger partial charge in [-0.2, -0.15) is 0 Å². The Morgan fingerprint density at radius 2 is 1.95 bits per heavy atom. The molecule has 0 saturated heterocycles. The number of benzene rings is 1. The van der Waals surface area contributed by atoms with Crippen molar-refractivity contribution in [1.29, 1.82) is 0 Å². The molecule has 0 aromatic heterocycles. The zero-order valence-corrected chi connectivity index (χ0v) is 11.3. The lowest BCUT2D eigenvalue weighted by molar-refractivity contribution is -0.385. The van der Waals surface area contributed by atoms with Crippen molar-refractivity contribution in [2.45, 2.75) is 32.2 Å². The second kappa shape index (κ2) is 5.48. The van der Waals surface area contributed by atoms with E-state index in [4.69, 9.17) is 0 Å². The quantitative estimate of drug-likeness (QED) is 0.615. The van der Waals surface area contributed by atoms with Crippen LogP contribution in [0.25, 0.3) is 0 Å². The third kappa shape index (κ3) is 3.15. The topological polar surface area (TPSA) is 55.2 Å². The van der Waals surface area contributed by atoms with Crippen molar-refractivity contribution in [1.82, 2.24) is 5.32 Å². The molecule has 0 heterocycles. The molecule has 0 radical (unpaired) electrons. The summed E-state index contributed by atoms with van der Waals surface area (Å²) in [6.45, 7) is 1.26. The maximum absolute atomic E-state index is 13.2. The maximum atomic E-state index is 13.2. The van der Waals surface area contributed by atoms with Gasteiger partial charge in [-0.15, -0.1) is 0 Å². The molecule has 5 heteroatoms. The molecular weight excluding hydrogens is 259 g/mol. The third-order valence-electron chi connectivity index (χ3n) is 4.39. The lowest BCUT2D eigenvalue weighted by Crippen LogP contribution is -2.25. The van der Waals surface area contributed by atoms with Crippen molar-refractivity contribution < 1.29 is 9.31 Å². The fourth-order valence-electron chi connectivity index (χ4n) is 3.01. The Labute approximate surface area is 117 Å². The maximum Gasteiger partial charge on any atom is 0.274 e. The summed E-state index contributed by atoms with van der Waals surface area (Å²) in [5.41, 5.74) is 0.425. The second-order valence-corrected chi connectivity index (χ2v) is 6.00. The molecule has 2 saturated carbocycles. The largest absolute Gasteiger partial charge is 0.312 e. The summed E-state index contributed by atoms with van der Waals surface area (Å²) in [6.07, 6.45) is 5.29. The number of hydrogen-bond donors (Lipinski definition) is 1. The highest BCUT2D eigenvalue weighted by Gasteiger charge is 2.40. The molecule has 1 aromatic carbocycles. The molecular formula is C15H19FN2O2. The Morgan fingerprint density at radius 1 is 1.30 bits per heavy atom. The Bertz CT molecular complexity index is 501. The number of nitro groups is 1. The number of nitrogens with zero attached hydrogens (tertiary/aromatic N) is 1. The van der Waals surface area contributed by atoms with Gasteiger partial charge in [0, 0.05) is 18.2 Å². The lowest BCUT2D eigenvalue weighted by atomic mass is 9.98. The second-order valence-electron chi connectivity index (χ2n) is 6.00. The van der Waals surface area contributed by atoms with Crippen LogP contribution in [0, 0.1) is 33.7 Å². The van der Waals surface area contributed by atoms with Crippen LogP contribution in [0.2, 0.25) is 0 Å². The normalized spacial score (nSPS) is 18.5. The third-order valence-corrected chi connectivity index (χ3v) is 4.39. The molecule has 108 valence electrons. The molecule has 2 aliphatic rings. The lowest BCUT2D eigenvalue weighted by Gasteiger charge is -2.16. The Balaban J connectivity index is 1.59. The number of nitro benzene ring substituents is 1. The van der Waals surface area contributed by atoms with Crippen LogP contribution in [-0.2, 0) is 6.54 Å². The van der Waals surface area contributed by atoms with Crippen LogP contribution in [0.3, 0.4) is 0 Å². The van der Waals surface area contributed by atoms with Crippen molar-refractivity contribution in [3.05, 3.63) is 39.7 Å². The summed E-state index contributed by atoms with van der Waals surface area (Å²) in [5, 5.41) is 14.2. The van der Waals surface area contributed by atoms with Gasteiger partial charge in [0.1, 0.15) is 5.82 Å². The molecule has 2 aliphatic carbocycles. The van der Waals surface area contributed by atoms with Crippen molar-refractivity contribution in [2.75, 3.05) is 6.54 Å². The van der Waals surface area contributed by atoms with E-state index in [1.54, 1.807) is 0 Å². The van der Waals surface area contributed by atoms with Crippen LogP contribution < -0.4 is 5.32 Å². The number of rotatable bonds is 7. The first kappa shape index (κ1) is 13.5. The summed E-state index contributed by atoms with van der Waals surface area (Å²) in [5.74, 6) is 1.98. The summed E-state index contributed by atoms with van der Waals surface area (Å²) in [6, 6.07) is 3.64. The predicted octanol–water partition coefficient (Wildman–Crippen LogP) is 3.26. The van der Waals surface area contributed by atoms with Crippen LogP contribution in [0.4, 0.5) is 10.1 Å². The predicted molar refractivity (Wildman–Crippen MR) is 73.7 cm³/mol. The van der Waals surface area contributed by atoms with E-state index in [0.717, 1.165) is 24.4 Å². The highest BCUT2D eigenvalue weighted by molar-refractivity contribution is 5.40. The molecule has 0 aliphatic heterocycles. The SMILES string of the molecule is O=[N+]([O-])c1ccc(F)cc1CNCC(C1CC1)C1CC1. The van der Waals surface area contributed by atoms with Gasteiger partial charge in [-0.1, -0.05) is 0 Å². The molecule has 1 aromatic rings. The van der Waals surface area contributed by atoms with Crippen molar-refractivity contribution in [3.8, 4) is 0 Å². The van der Waals surface area contributed by atoms with Crippen molar-refractivity contribution in [2.24, 2.45) is 17.8 Å². The van der Waals surface area contributed by atoms with Gasteiger partial charge in [0.2, 0.25) is 0 Å². The highest BCUT2D eigenvalue weighted by Crippen LogP contribution is 2.48. The molecule has 4 nitrogen and oxygen atoms in total. The number of halogens is 1. The van der Waals surface area contributed by atoms with Gasteiger partial charge in [-0.05, 0) is 62.1 Å². The average Bonchev–Trinajstić information content (AvgIpc) is 3.27. The zero-order chi connectivity index (χ0) is 14.1. The van der Waals surface area contributed by atoms with E-state index in [9.17, 15) is 14.5 Å². The van der Waals surface area contributed by atoms with E-state index in [0.29, 0.717) is 18.0 Å². The van der Waals surface area contributed by atoms with Gasteiger partial charge < -0.3 is 5.32 Å². The molecule has 3 rings (SSSR count). The summed E-state index contributed by atoms with van der Waals surface area (Å²) in [4.78, 5) is 10.5. The first-order valence-electron chi connectivity index (χ1n) is 7.28. The minimum Gasteiger partial charge on any atom is -0.312 e. The molecule has 0 spiro atoms. The molecule has 0 unspecified atom stereocenters. The first-order chi connectivity index (χ1) is 9.65. The van der Waals surface area contributed by atoms with E-state index >= 15 is 0 Å². The Morgan fingerprint density at radius 3 is 2.50 bits per heavy atom.